The van der Waals surface area contributed by atoms with Gasteiger partial charge >= 0.3 is 0 Å². The predicted octanol–water partition coefficient (Wildman–Crippen LogP) is 6.31. The van der Waals surface area contributed by atoms with E-state index in [2.05, 4.69) is 56.1 Å². The molecule has 0 unspecified atom stereocenters. The van der Waals surface area contributed by atoms with Crippen molar-refractivity contribution >= 4 is 21.8 Å². The molecule has 2 heterocycles. The monoisotopic (exact) mass is 381 g/mol. The summed E-state index contributed by atoms with van der Waals surface area (Å²) in [4.78, 5) is 4.58. The number of hydrogen-bond donors (Lipinski definition) is 0. The maximum atomic E-state index is 14.1. The minimum absolute atomic E-state index is 0.281. The van der Waals surface area contributed by atoms with Crippen molar-refractivity contribution in [3.8, 4) is 16.9 Å². The maximum absolute atomic E-state index is 14.1. The van der Waals surface area contributed by atoms with E-state index in [-0.39, 0.29) is 5.82 Å². The Labute approximate surface area is 168 Å². The lowest BCUT2D eigenvalue weighted by Crippen LogP contribution is -1.97. The molecule has 29 heavy (non-hydrogen) atoms. The van der Waals surface area contributed by atoms with E-state index >= 15 is 0 Å². The summed E-state index contributed by atoms with van der Waals surface area (Å²) in [5.74, 6) is -0.281. The molecule has 0 N–H and O–H groups in total. The molecule has 5 rings (SSSR count). The molecule has 0 amide bonds. The number of benzene rings is 3. The quantitative estimate of drug-likeness (QED) is 0.359. The van der Waals surface area contributed by atoms with Crippen molar-refractivity contribution in [2.75, 3.05) is 0 Å². The van der Waals surface area contributed by atoms with E-state index in [1.165, 1.54) is 22.8 Å². The summed E-state index contributed by atoms with van der Waals surface area (Å²) in [7, 11) is 0. The summed E-state index contributed by atoms with van der Waals surface area (Å²) < 4.78 is 16.0. The molecule has 0 aliphatic heterocycles. The molecule has 4 heteroatoms. The van der Waals surface area contributed by atoms with Crippen molar-refractivity contribution in [1.29, 1.82) is 0 Å². The zero-order chi connectivity index (χ0) is 20.1. The van der Waals surface area contributed by atoms with Crippen molar-refractivity contribution in [1.82, 2.24) is 14.8 Å². The zero-order valence-electron chi connectivity index (χ0n) is 16.6. The Morgan fingerprint density at radius 3 is 2.34 bits per heavy atom. The van der Waals surface area contributed by atoms with Gasteiger partial charge in [0.1, 0.15) is 11.5 Å². The molecule has 3 aromatic carbocycles. The number of fused-ring (bicyclic) bond motifs is 3. The Kier molecular flexibility index (Phi) is 3.95. The van der Waals surface area contributed by atoms with Gasteiger partial charge in [-0.3, -0.25) is 4.98 Å². The third-order valence-corrected chi connectivity index (χ3v) is 5.53. The van der Waals surface area contributed by atoms with E-state index in [0.717, 1.165) is 38.8 Å². The lowest BCUT2D eigenvalue weighted by atomic mass is 10.0. The lowest BCUT2D eigenvalue weighted by molar-refractivity contribution is 0.629. The Morgan fingerprint density at radius 2 is 1.59 bits per heavy atom. The minimum atomic E-state index is -0.281. The van der Waals surface area contributed by atoms with Gasteiger partial charge in [0.25, 0.3) is 0 Å². The molecule has 0 radical (unpaired) electrons. The topological polar surface area (TPSA) is 30.7 Å². The molecule has 0 aliphatic carbocycles. The standard InChI is InChI=1S/C25H20FN3/c1-15-4-9-20(10-5-15)29-25-21-13-19(26)8-11-23(21)27-14-22(25)24(28-29)18-7-6-16(2)17(3)12-18/h4-14H,1-3H3. The van der Waals surface area contributed by atoms with Crippen molar-refractivity contribution in [2.24, 2.45) is 0 Å². The normalized spacial score (nSPS) is 11.4. The van der Waals surface area contributed by atoms with Gasteiger partial charge < -0.3 is 0 Å². The maximum Gasteiger partial charge on any atom is 0.124 e. The van der Waals surface area contributed by atoms with Crippen LogP contribution in [0.3, 0.4) is 0 Å². The van der Waals surface area contributed by atoms with E-state index in [1.807, 2.05) is 23.0 Å². The number of aryl methyl sites for hydroxylation is 3. The zero-order valence-corrected chi connectivity index (χ0v) is 16.6. The molecule has 5 aromatic rings. The van der Waals surface area contributed by atoms with E-state index in [0.29, 0.717) is 0 Å². The van der Waals surface area contributed by atoms with Gasteiger partial charge in [0.2, 0.25) is 0 Å². The first-order valence-electron chi connectivity index (χ1n) is 9.63. The second kappa shape index (κ2) is 6.52. The van der Waals surface area contributed by atoms with Gasteiger partial charge in [0.05, 0.1) is 16.7 Å². The third kappa shape index (κ3) is 2.88. The molecule has 142 valence electrons. The van der Waals surface area contributed by atoms with Crippen molar-refractivity contribution < 1.29 is 4.39 Å². The van der Waals surface area contributed by atoms with Gasteiger partial charge in [-0.05, 0) is 68.3 Å². The molecule has 0 spiro atoms. The summed E-state index contributed by atoms with van der Waals surface area (Å²) in [6, 6.07) is 19.2. The fraction of sp³-hybridized carbons (Fsp3) is 0.120. The average Bonchev–Trinajstić information content (AvgIpc) is 3.11. The number of nitrogens with zero attached hydrogens (tertiary/aromatic N) is 3. The SMILES string of the molecule is Cc1ccc(-n2nc(-c3ccc(C)c(C)c3)c3cnc4ccc(F)cc4c32)cc1. The van der Waals surface area contributed by atoms with Gasteiger partial charge in [-0.1, -0.05) is 29.8 Å². The summed E-state index contributed by atoms with van der Waals surface area (Å²) in [5, 5.41) is 6.63. The van der Waals surface area contributed by atoms with Crippen LogP contribution in [0, 0.1) is 26.6 Å². The number of halogens is 1. The molecule has 0 fully saturated rings. The van der Waals surface area contributed by atoms with Gasteiger partial charge in [0.15, 0.2) is 0 Å². The highest BCUT2D eigenvalue weighted by atomic mass is 19.1. The first-order valence-corrected chi connectivity index (χ1v) is 9.63. The fourth-order valence-electron chi connectivity index (χ4n) is 3.73. The van der Waals surface area contributed by atoms with Gasteiger partial charge in [-0.2, -0.15) is 5.10 Å². The molecule has 0 aliphatic rings. The summed E-state index contributed by atoms with van der Waals surface area (Å²) in [6.07, 6.45) is 1.85. The third-order valence-electron chi connectivity index (χ3n) is 5.53. The van der Waals surface area contributed by atoms with E-state index < -0.39 is 0 Å². The first-order chi connectivity index (χ1) is 14.0. The Bertz CT molecular complexity index is 1380. The Balaban J connectivity index is 1.90. The molecule has 0 atom stereocenters. The molecule has 0 saturated heterocycles. The van der Waals surface area contributed by atoms with Crippen LogP contribution in [0.5, 0.6) is 0 Å². The number of pyridine rings is 1. The lowest BCUT2D eigenvalue weighted by Gasteiger charge is -2.06. The van der Waals surface area contributed by atoms with E-state index in [4.69, 9.17) is 5.10 Å². The molecule has 3 nitrogen and oxygen atoms in total. The fourth-order valence-corrected chi connectivity index (χ4v) is 3.73. The summed E-state index contributed by atoms with van der Waals surface area (Å²) in [6.45, 7) is 6.25. The van der Waals surface area contributed by atoms with Gasteiger partial charge in [-0.25, -0.2) is 9.07 Å². The highest BCUT2D eigenvalue weighted by Crippen LogP contribution is 2.34. The van der Waals surface area contributed by atoms with Crippen molar-refractivity contribution in [2.45, 2.75) is 20.8 Å². The molecule has 2 aromatic heterocycles. The van der Waals surface area contributed by atoms with Crippen molar-refractivity contribution in [3.05, 3.63) is 89.4 Å². The second-order valence-electron chi connectivity index (χ2n) is 7.58. The summed E-state index contributed by atoms with van der Waals surface area (Å²) >= 11 is 0. The average molecular weight is 381 g/mol. The van der Waals surface area contributed by atoms with Crippen LogP contribution in [0.2, 0.25) is 0 Å². The Morgan fingerprint density at radius 1 is 0.793 bits per heavy atom. The van der Waals surface area contributed by atoms with Crippen molar-refractivity contribution in [3.63, 3.8) is 0 Å². The predicted molar refractivity (Wildman–Crippen MR) is 116 cm³/mol. The summed E-state index contributed by atoms with van der Waals surface area (Å²) in [5.41, 5.74) is 8.06. The second-order valence-corrected chi connectivity index (χ2v) is 7.58. The largest absolute Gasteiger partial charge is 0.255 e. The van der Waals surface area contributed by atoms with Crippen LogP contribution >= 0.6 is 0 Å². The van der Waals surface area contributed by atoms with E-state index in [1.54, 1.807) is 12.1 Å². The highest BCUT2D eigenvalue weighted by Gasteiger charge is 2.17. The van der Waals surface area contributed by atoms with Crippen LogP contribution in [-0.4, -0.2) is 14.8 Å². The molecule has 0 bridgehead atoms. The van der Waals surface area contributed by atoms with E-state index in [9.17, 15) is 4.39 Å². The Hall–Kier alpha value is -3.53. The van der Waals surface area contributed by atoms with Crippen LogP contribution in [-0.2, 0) is 0 Å². The minimum Gasteiger partial charge on any atom is -0.255 e. The van der Waals surface area contributed by atoms with Gasteiger partial charge in [0, 0.05) is 22.5 Å². The molecular formula is C25H20FN3. The highest BCUT2D eigenvalue weighted by molar-refractivity contribution is 6.08. The van der Waals surface area contributed by atoms with Crippen LogP contribution in [0.1, 0.15) is 16.7 Å². The molecular weight excluding hydrogens is 361 g/mol. The van der Waals surface area contributed by atoms with Crippen LogP contribution in [0.4, 0.5) is 4.39 Å². The first kappa shape index (κ1) is 17.6. The molecule has 0 saturated carbocycles. The number of aromatic nitrogens is 3. The van der Waals surface area contributed by atoms with Crippen LogP contribution < -0.4 is 0 Å². The smallest absolute Gasteiger partial charge is 0.124 e. The number of hydrogen-bond acceptors (Lipinski definition) is 2. The van der Waals surface area contributed by atoms with Gasteiger partial charge in [-0.15, -0.1) is 0 Å². The van der Waals surface area contributed by atoms with Crippen LogP contribution in [0.15, 0.2) is 66.9 Å². The number of rotatable bonds is 2. The van der Waals surface area contributed by atoms with Crippen LogP contribution in [0.25, 0.3) is 38.8 Å².